The zero-order valence-electron chi connectivity index (χ0n) is 40.5. The molecule has 2 N–H and O–H groups in total. The van der Waals surface area contributed by atoms with Crippen molar-refractivity contribution in [3.63, 3.8) is 0 Å². The Morgan fingerprint density at radius 3 is 1.25 bits per heavy atom. The molecule has 0 amide bonds. The minimum atomic E-state index is -4.49. The summed E-state index contributed by atoms with van der Waals surface area (Å²) in [6.45, 7) is 5.40. The van der Waals surface area contributed by atoms with E-state index in [-0.39, 0.29) is 0 Å². The van der Waals surface area contributed by atoms with E-state index in [1.54, 1.807) is 0 Å². The smallest absolute Gasteiger partial charge is 0.384 e. The van der Waals surface area contributed by atoms with Crippen LogP contribution in [-0.4, -0.2) is 21.8 Å². The summed E-state index contributed by atoms with van der Waals surface area (Å²) < 4.78 is 94.2. The second-order valence-electron chi connectivity index (χ2n) is 17.6. The summed E-state index contributed by atoms with van der Waals surface area (Å²) in [6, 6.07) is 26.7. The van der Waals surface area contributed by atoms with Gasteiger partial charge in [-0.1, -0.05) is 150 Å². The Morgan fingerprint density at radius 2 is 0.822 bits per heavy atom. The van der Waals surface area contributed by atoms with Crippen LogP contribution in [0.5, 0.6) is 0 Å². The summed E-state index contributed by atoms with van der Waals surface area (Å²) >= 11 is 4.03. The van der Waals surface area contributed by atoms with Crippen LogP contribution >= 0.6 is 34.4 Å². The number of alkyl halides is 6. The second kappa shape index (κ2) is 24.8. The molecule has 13 heteroatoms. The Balaban J connectivity index is 1.08. The lowest BCUT2D eigenvalue weighted by atomic mass is 10.1. The lowest BCUT2D eigenvalue weighted by Crippen LogP contribution is -2.08. The molecule has 0 fully saturated rings. The van der Waals surface area contributed by atoms with Crippen molar-refractivity contribution < 1.29 is 26.3 Å². The first-order valence-electron chi connectivity index (χ1n) is 24.7. The van der Waals surface area contributed by atoms with Gasteiger partial charge in [0, 0.05) is 44.4 Å². The van der Waals surface area contributed by atoms with Crippen molar-refractivity contribution in [2.45, 2.75) is 103 Å². The van der Waals surface area contributed by atoms with Crippen LogP contribution in [0.4, 0.5) is 37.7 Å². The summed E-state index contributed by atoms with van der Waals surface area (Å²) in [5.74, 6) is 26.2. The van der Waals surface area contributed by atoms with E-state index in [9.17, 15) is 26.3 Å². The quantitative estimate of drug-likeness (QED) is 0.0575. The number of nitrogens with one attached hydrogen (secondary N) is 2. The number of hydrogen-bond acceptors (Lipinski definition) is 7. The average molecular weight is 1040 g/mol. The Kier molecular flexibility index (Phi) is 17.9. The van der Waals surface area contributed by atoms with E-state index in [1.807, 2.05) is 60.7 Å². The molecule has 0 aliphatic heterocycles. The maximum absolute atomic E-state index is 13.8. The van der Waals surface area contributed by atoms with E-state index < -0.39 is 23.5 Å². The molecule has 0 aliphatic carbocycles. The molecule has 0 saturated carbocycles. The molecular formula is C60H52F6N4S3. The van der Waals surface area contributed by atoms with Crippen LogP contribution in [0.15, 0.2) is 97.1 Å². The van der Waals surface area contributed by atoms with Gasteiger partial charge in [-0.05, 0) is 85.3 Å². The number of halogens is 6. The second-order valence-corrected chi connectivity index (χ2v) is 20.3. The molecule has 73 heavy (non-hydrogen) atoms. The number of thiophene rings is 2. The first-order valence-corrected chi connectivity index (χ1v) is 27.0. The van der Waals surface area contributed by atoms with Crippen molar-refractivity contribution in [2.24, 2.45) is 0 Å². The largest absolute Gasteiger partial charge is 0.416 e. The van der Waals surface area contributed by atoms with Crippen molar-refractivity contribution in [2.75, 3.05) is 23.7 Å². The number of fused-ring (bicyclic) bond motifs is 3. The molecule has 0 unspecified atom stereocenters. The highest BCUT2D eigenvalue weighted by molar-refractivity contribution is 7.20. The maximum atomic E-state index is 13.8. The van der Waals surface area contributed by atoms with Gasteiger partial charge >= 0.3 is 12.4 Å². The van der Waals surface area contributed by atoms with Gasteiger partial charge in [-0.3, -0.25) is 0 Å². The highest BCUT2D eigenvalue weighted by Crippen LogP contribution is 2.36. The molecule has 5 aromatic carbocycles. The van der Waals surface area contributed by atoms with Crippen molar-refractivity contribution in [3.05, 3.63) is 151 Å². The fourth-order valence-corrected chi connectivity index (χ4v) is 10.9. The van der Waals surface area contributed by atoms with E-state index in [4.69, 9.17) is 0 Å². The highest BCUT2D eigenvalue weighted by Gasteiger charge is 2.32. The third kappa shape index (κ3) is 13.7. The molecule has 0 saturated heterocycles. The number of benzene rings is 5. The molecule has 0 bridgehead atoms. The van der Waals surface area contributed by atoms with Gasteiger partial charge in [0.1, 0.15) is 11.0 Å². The van der Waals surface area contributed by atoms with Gasteiger partial charge in [0.05, 0.1) is 66.2 Å². The minimum Gasteiger partial charge on any atom is -0.384 e. The Labute approximate surface area is 435 Å². The van der Waals surface area contributed by atoms with E-state index in [0.717, 1.165) is 120 Å². The molecule has 372 valence electrons. The maximum Gasteiger partial charge on any atom is 0.416 e. The number of hydrogen-bond donors (Lipinski definition) is 2. The summed E-state index contributed by atoms with van der Waals surface area (Å²) in [7, 11) is 0. The van der Waals surface area contributed by atoms with Crippen LogP contribution in [0, 0.1) is 47.4 Å². The summed E-state index contributed by atoms with van der Waals surface area (Å²) in [6.07, 6.45) is 3.80. The van der Waals surface area contributed by atoms with E-state index in [0.29, 0.717) is 78.6 Å². The van der Waals surface area contributed by atoms with Gasteiger partial charge in [-0.2, -0.15) is 35.1 Å². The van der Waals surface area contributed by atoms with Crippen LogP contribution in [0.3, 0.4) is 0 Å². The number of aromatic nitrogens is 2. The van der Waals surface area contributed by atoms with Crippen LogP contribution in [0.1, 0.15) is 145 Å². The fourth-order valence-electron chi connectivity index (χ4n) is 8.30. The lowest BCUT2D eigenvalue weighted by Gasteiger charge is -2.13. The average Bonchev–Trinajstić information content (AvgIpc) is 4.11. The van der Waals surface area contributed by atoms with Gasteiger partial charge in [-0.15, -0.1) is 22.7 Å². The Morgan fingerprint density at radius 1 is 0.438 bits per heavy atom. The van der Waals surface area contributed by atoms with Crippen LogP contribution in [0.2, 0.25) is 0 Å². The third-order valence-corrected chi connectivity index (χ3v) is 15.0. The standard InChI is InChI=1S/C60H52F6N4S3/c1-3-5-7-9-11-17-37-67-51-39-45(59(61,62)63)31-25-41(51)27-33-49-47-19-13-15-21-53(47)71-55(49)35-29-43-23-24-44(58-57(43)69-73-70-58)30-36-56-50(48-20-14-16-22-54(48)72-56)34-28-42-26-32-46(60(64,65)66)40-52(42)68-38-18-12-10-8-6-4-2/h13-16,19-26,31-32,39-40,67-68H,3-12,17-18,37-38H2,1-2H3. The van der Waals surface area contributed by atoms with Crippen LogP contribution < -0.4 is 10.6 Å². The van der Waals surface area contributed by atoms with Crippen molar-refractivity contribution >= 4 is 77.0 Å². The Hall–Kier alpha value is -6.74. The van der Waals surface area contributed by atoms with Crippen molar-refractivity contribution in [1.29, 1.82) is 0 Å². The first-order chi connectivity index (χ1) is 35.4. The lowest BCUT2D eigenvalue weighted by molar-refractivity contribution is -0.138. The van der Waals surface area contributed by atoms with Crippen LogP contribution in [0.25, 0.3) is 31.2 Å². The molecular weight excluding hydrogens is 987 g/mol. The number of unbranched alkanes of at least 4 members (excludes halogenated alkanes) is 10. The van der Waals surface area contributed by atoms with Crippen molar-refractivity contribution in [3.8, 4) is 47.4 Å². The number of anilines is 2. The molecule has 8 rings (SSSR count). The number of nitrogens with zero attached hydrogens (tertiary/aromatic N) is 2. The normalized spacial score (nSPS) is 11.3. The SMILES string of the molecule is CCCCCCCCNc1cc(C(F)(F)F)ccc1C#Cc1c(C#Cc2ccc(C#Cc3sc4ccccc4c3C#Cc3ccc(C(F)(F)F)cc3NCCCCCCCC)c3nsnc23)sc2ccccc12. The first kappa shape index (κ1) is 52.6. The van der Waals surface area contributed by atoms with Gasteiger partial charge in [0.25, 0.3) is 0 Å². The molecule has 4 nitrogen and oxygen atoms in total. The zero-order valence-corrected chi connectivity index (χ0v) is 43.0. The van der Waals surface area contributed by atoms with Gasteiger partial charge < -0.3 is 10.6 Å². The van der Waals surface area contributed by atoms with E-state index >= 15 is 0 Å². The van der Waals surface area contributed by atoms with E-state index in [2.05, 4.69) is 80.6 Å². The van der Waals surface area contributed by atoms with Gasteiger partial charge in [0.15, 0.2) is 0 Å². The molecule has 0 radical (unpaired) electrons. The molecule has 0 aliphatic rings. The molecule has 0 spiro atoms. The highest BCUT2D eigenvalue weighted by atomic mass is 32.1. The summed E-state index contributed by atoms with van der Waals surface area (Å²) in [4.78, 5) is 1.41. The number of rotatable bonds is 16. The monoisotopic (exact) mass is 1040 g/mol. The molecule has 8 aromatic rings. The minimum absolute atomic E-state index is 0.347. The van der Waals surface area contributed by atoms with Crippen LogP contribution in [-0.2, 0) is 12.4 Å². The molecule has 0 atom stereocenters. The zero-order chi connectivity index (χ0) is 51.2. The molecule has 3 aromatic heterocycles. The predicted molar refractivity (Wildman–Crippen MR) is 292 cm³/mol. The summed E-state index contributed by atoms with van der Waals surface area (Å²) in [5.41, 5.74) is 3.99. The molecule has 3 heterocycles. The third-order valence-electron chi connectivity index (χ3n) is 12.3. The summed E-state index contributed by atoms with van der Waals surface area (Å²) in [5, 5.41) is 8.27. The predicted octanol–water partition coefficient (Wildman–Crippen LogP) is 17.3. The van der Waals surface area contributed by atoms with Gasteiger partial charge in [-0.25, -0.2) is 0 Å². The van der Waals surface area contributed by atoms with Crippen molar-refractivity contribution in [1.82, 2.24) is 8.75 Å². The fraction of sp³-hybridized carbons (Fsp3) is 0.300. The topological polar surface area (TPSA) is 49.8 Å². The van der Waals surface area contributed by atoms with Gasteiger partial charge in [0.2, 0.25) is 0 Å². The van der Waals surface area contributed by atoms with E-state index in [1.165, 1.54) is 47.6 Å². The Bertz CT molecular complexity index is 3250.